The van der Waals surface area contributed by atoms with Crippen LogP contribution in [0.3, 0.4) is 0 Å². The number of carbonyl (C=O) groups is 1. The molecule has 1 unspecified atom stereocenters. The van der Waals surface area contributed by atoms with Crippen molar-refractivity contribution in [1.29, 1.82) is 0 Å². The summed E-state index contributed by atoms with van der Waals surface area (Å²) in [7, 11) is 0. The summed E-state index contributed by atoms with van der Waals surface area (Å²) in [5.41, 5.74) is 1.65. The Morgan fingerprint density at radius 1 is 1.29 bits per heavy atom. The highest BCUT2D eigenvalue weighted by Gasteiger charge is 2.22. The van der Waals surface area contributed by atoms with E-state index in [2.05, 4.69) is 10.2 Å². The molecule has 3 nitrogen and oxygen atoms in total. The average molecular weight is 192 g/mol. The molecule has 0 saturated heterocycles. The largest absolute Gasteiger partial charge is 0.299 e. The van der Waals surface area contributed by atoms with E-state index >= 15 is 0 Å². The second-order valence-corrected chi connectivity index (χ2v) is 3.93. The van der Waals surface area contributed by atoms with Gasteiger partial charge in [-0.2, -0.15) is 10.2 Å². The molecule has 0 aromatic carbocycles. The molecule has 0 radical (unpaired) electrons. The lowest BCUT2D eigenvalue weighted by molar-refractivity contribution is -0.119. The van der Waals surface area contributed by atoms with Gasteiger partial charge in [-0.3, -0.25) is 4.79 Å². The Morgan fingerprint density at radius 2 is 1.93 bits per heavy atom. The van der Waals surface area contributed by atoms with Crippen molar-refractivity contribution in [1.82, 2.24) is 10.2 Å². The molecule has 3 heteroatoms. The van der Waals surface area contributed by atoms with Crippen molar-refractivity contribution in [3.05, 3.63) is 23.5 Å². The van der Waals surface area contributed by atoms with Crippen molar-refractivity contribution in [2.24, 2.45) is 5.92 Å². The maximum atomic E-state index is 11.4. The van der Waals surface area contributed by atoms with Crippen LogP contribution in [-0.4, -0.2) is 16.0 Å². The first-order valence-corrected chi connectivity index (χ1v) is 4.83. The van der Waals surface area contributed by atoms with Crippen LogP contribution in [0.15, 0.2) is 12.1 Å². The minimum absolute atomic E-state index is 0.122. The molecule has 76 valence electrons. The normalized spacial score (nSPS) is 12.9. The molecule has 0 aliphatic carbocycles. The van der Waals surface area contributed by atoms with Gasteiger partial charge in [0, 0.05) is 0 Å². The fourth-order valence-corrected chi connectivity index (χ4v) is 1.59. The molecule has 1 atom stereocenters. The molecule has 0 fully saturated rings. The van der Waals surface area contributed by atoms with E-state index in [1.165, 1.54) is 0 Å². The summed E-state index contributed by atoms with van der Waals surface area (Å²) >= 11 is 0. The van der Waals surface area contributed by atoms with E-state index in [1.54, 1.807) is 6.92 Å². The van der Waals surface area contributed by atoms with Crippen LogP contribution in [0.2, 0.25) is 0 Å². The highest BCUT2D eigenvalue weighted by molar-refractivity contribution is 5.83. The summed E-state index contributed by atoms with van der Waals surface area (Å²) in [5, 5.41) is 8.01. The first-order valence-electron chi connectivity index (χ1n) is 4.83. The lowest BCUT2D eigenvalue weighted by Crippen LogP contribution is -2.17. The van der Waals surface area contributed by atoms with E-state index in [0.29, 0.717) is 0 Å². The van der Waals surface area contributed by atoms with Crippen molar-refractivity contribution >= 4 is 5.78 Å². The van der Waals surface area contributed by atoms with E-state index < -0.39 is 0 Å². The van der Waals surface area contributed by atoms with Crippen LogP contribution in [0.5, 0.6) is 0 Å². The van der Waals surface area contributed by atoms with Crippen LogP contribution in [0.1, 0.15) is 38.1 Å². The topological polar surface area (TPSA) is 42.9 Å². The van der Waals surface area contributed by atoms with Crippen molar-refractivity contribution in [3.63, 3.8) is 0 Å². The number of Topliss-reactive ketones (excluding diaryl/α,β-unsaturated/α-hetero) is 1. The van der Waals surface area contributed by atoms with Gasteiger partial charge < -0.3 is 0 Å². The van der Waals surface area contributed by atoms with E-state index in [4.69, 9.17) is 0 Å². The standard InChI is InChI=1S/C11H16N2O/c1-7(2)11(9(4)14)10-6-5-8(3)12-13-10/h5-7,11H,1-4H3. The predicted octanol–water partition coefficient (Wildman–Crippen LogP) is 2.11. The zero-order valence-electron chi connectivity index (χ0n) is 9.11. The molecule has 1 heterocycles. The van der Waals surface area contributed by atoms with Gasteiger partial charge >= 0.3 is 0 Å². The summed E-state index contributed by atoms with van der Waals surface area (Å²) in [5.74, 6) is 0.297. The van der Waals surface area contributed by atoms with Gasteiger partial charge in [-0.25, -0.2) is 0 Å². The maximum absolute atomic E-state index is 11.4. The Balaban J connectivity index is 3.00. The second-order valence-electron chi connectivity index (χ2n) is 3.93. The molecule has 0 saturated carbocycles. The summed E-state index contributed by atoms with van der Waals surface area (Å²) in [4.78, 5) is 11.4. The van der Waals surface area contributed by atoms with Crippen LogP contribution in [0, 0.1) is 12.8 Å². The second kappa shape index (κ2) is 4.31. The third kappa shape index (κ3) is 2.37. The molecular formula is C11H16N2O. The summed E-state index contributed by atoms with van der Waals surface area (Å²) in [6, 6.07) is 3.77. The van der Waals surface area contributed by atoms with Gasteiger partial charge in [0.1, 0.15) is 5.78 Å². The van der Waals surface area contributed by atoms with Crippen LogP contribution in [-0.2, 0) is 4.79 Å². The monoisotopic (exact) mass is 192 g/mol. The molecule has 0 bridgehead atoms. The van der Waals surface area contributed by atoms with Gasteiger partial charge in [-0.15, -0.1) is 0 Å². The zero-order valence-corrected chi connectivity index (χ0v) is 9.11. The number of hydrogen-bond donors (Lipinski definition) is 0. The van der Waals surface area contributed by atoms with Crippen molar-refractivity contribution in [2.45, 2.75) is 33.6 Å². The summed E-state index contributed by atoms with van der Waals surface area (Å²) in [6.45, 7) is 7.53. The lowest BCUT2D eigenvalue weighted by Gasteiger charge is -2.16. The molecule has 0 aliphatic rings. The van der Waals surface area contributed by atoms with Gasteiger partial charge in [0.2, 0.25) is 0 Å². The molecule has 1 rings (SSSR count). The van der Waals surface area contributed by atoms with Crippen molar-refractivity contribution < 1.29 is 4.79 Å². The van der Waals surface area contributed by atoms with Crippen LogP contribution < -0.4 is 0 Å². The van der Waals surface area contributed by atoms with Crippen LogP contribution >= 0.6 is 0 Å². The number of hydrogen-bond acceptors (Lipinski definition) is 3. The molecule has 1 aromatic rings. The predicted molar refractivity (Wildman–Crippen MR) is 55.0 cm³/mol. The average Bonchev–Trinajstić information content (AvgIpc) is 2.07. The van der Waals surface area contributed by atoms with E-state index in [0.717, 1.165) is 11.4 Å². The molecule has 14 heavy (non-hydrogen) atoms. The first kappa shape index (κ1) is 10.8. The van der Waals surface area contributed by atoms with E-state index in [-0.39, 0.29) is 17.6 Å². The molecule has 0 amide bonds. The molecule has 1 aromatic heterocycles. The highest BCUT2D eigenvalue weighted by Crippen LogP contribution is 2.22. The van der Waals surface area contributed by atoms with Gasteiger partial charge in [-0.1, -0.05) is 13.8 Å². The van der Waals surface area contributed by atoms with E-state index in [1.807, 2.05) is 32.9 Å². The van der Waals surface area contributed by atoms with Crippen molar-refractivity contribution in [3.8, 4) is 0 Å². The molecule has 0 N–H and O–H groups in total. The van der Waals surface area contributed by atoms with Gasteiger partial charge in [0.25, 0.3) is 0 Å². The Morgan fingerprint density at radius 3 is 2.29 bits per heavy atom. The van der Waals surface area contributed by atoms with Crippen LogP contribution in [0.4, 0.5) is 0 Å². The number of rotatable bonds is 3. The minimum atomic E-state index is -0.122. The van der Waals surface area contributed by atoms with Gasteiger partial charge in [0.15, 0.2) is 0 Å². The Kier molecular flexibility index (Phi) is 3.33. The van der Waals surface area contributed by atoms with Crippen LogP contribution in [0.25, 0.3) is 0 Å². The highest BCUT2D eigenvalue weighted by atomic mass is 16.1. The molecular weight excluding hydrogens is 176 g/mol. The third-order valence-electron chi connectivity index (χ3n) is 2.24. The quantitative estimate of drug-likeness (QED) is 0.736. The smallest absolute Gasteiger partial charge is 0.139 e. The molecule has 0 aliphatic heterocycles. The number of aryl methyl sites for hydroxylation is 1. The third-order valence-corrected chi connectivity index (χ3v) is 2.24. The lowest BCUT2D eigenvalue weighted by atomic mass is 9.89. The zero-order chi connectivity index (χ0) is 10.7. The number of ketones is 1. The van der Waals surface area contributed by atoms with Gasteiger partial charge in [-0.05, 0) is 31.9 Å². The first-order chi connectivity index (χ1) is 6.52. The number of nitrogens with zero attached hydrogens (tertiary/aromatic N) is 2. The fourth-order valence-electron chi connectivity index (χ4n) is 1.59. The Hall–Kier alpha value is -1.25. The minimum Gasteiger partial charge on any atom is -0.299 e. The fraction of sp³-hybridized carbons (Fsp3) is 0.545. The number of aromatic nitrogens is 2. The SMILES string of the molecule is CC(=O)C(c1ccc(C)nn1)C(C)C. The maximum Gasteiger partial charge on any atom is 0.139 e. The molecule has 0 spiro atoms. The van der Waals surface area contributed by atoms with Crippen molar-refractivity contribution in [2.75, 3.05) is 0 Å². The van der Waals surface area contributed by atoms with Gasteiger partial charge in [0.05, 0.1) is 17.3 Å². The van der Waals surface area contributed by atoms with E-state index in [9.17, 15) is 4.79 Å². The summed E-state index contributed by atoms with van der Waals surface area (Å²) in [6.07, 6.45) is 0. The Labute approximate surface area is 84.6 Å². The number of carbonyl (C=O) groups excluding carboxylic acids is 1. The summed E-state index contributed by atoms with van der Waals surface area (Å²) < 4.78 is 0. The Bertz CT molecular complexity index is 317.